The van der Waals surface area contributed by atoms with Crippen LogP contribution in [-0.2, 0) is 23.8 Å². The molecule has 7 rings (SSSR count). The zero-order valence-electron chi connectivity index (χ0n) is 24.2. The van der Waals surface area contributed by atoms with Crippen molar-refractivity contribution in [2.75, 3.05) is 0 Å². The van der Waals surface area contributed by atoms with E-state index in [-0.39, 0.29) is 45.8 Å². The highest BCUT2D eigenvalue weighted by atomic mass is 16.7. The Morgan fingerprint density at radius 2 is 1.59 bits per heavy atom. The molecule has 5 saturated carbocycles. The molecule has 0 aromatic rings. The standard InChI is InChI=1S/C32H48O5/c1-19-16-31(36-25(19)34)17-20(2)32(37-31)15-12-27(6)23-9-8-22-26(4,5)24(35-21(3)33)10-11-29(22)18-30(23,29)14-13-28(27,32)7/h19-20,22-24H,8-18H2,1-7H3/t19-,20-,22+,23+,24-,27+,28+,29-,30+,31+,32+/m1/s1. The zero-order chi connectivity index (χ0) is 26.4. The van der Waals surface area contributed by atoms with Gasteiger partial charge in [-0.05, 0) is 91.8 Å². The number of carbonyl (C=O) groups excluding carboxylic acids is 2. The molecule has 2 saturated heterocycles. The fourth-order valence-corrected chi connectivity index (χ4v) is 12.9. The summed E-state index contributed by atoms with van der Waals surface area (Å²) in [6, 6.07) is 0. The molecule has 2 aliphatic heterocycles. The number of rotatable bonds is 1. The summed E-state index contributed by atoms with van der Waals surface area (Å²) in [5.74, 6) is 0.796. The Labute approximate surface area is 223 Å². The second kappa shape index (κ2) is 6.96. The molecule has 4 spiro atoms. The van der Waals surface area contributed by atoms with E-state index in [1.807, 2.05) is 6.92 Å². The van der Waals surface area contributed by atoms with Crippen molar-refractivity contribution in [3.63, 3.8) is 0 Å². The fraction of sp³-hybridized carbons (Fsp3) is 0.938. The normalized spacial score (nSPS) is 58.9. The Kier molecular flexibility index (Phi) is 4.69. The summed E-state index contributed by atoms with van der Waals surface area (Å²) in [5, 5.41) is 0. The fourth-order valence-electron chi connectivity index (χ4n) is 12.9. The van der Waals surface area contributed by atoms with Gasteiger partial charge in [0.25, 0.3) is 0 Å². The van der Waals surface area contributed by atoms with Gasteiger partial charge in [-0.15, -0.1) is 0 Å². The van der Waals surface area contributed by atoms with Gasteiger partial charge in [0, 0.05) is 30.6 Å². The van der Waals surface area contributed by atoms with Crippen LogP contribution in [0.5, 0.6) is 0 Å². The van der Waals surface area contributed by atoms with Gasteiger partial charge < -0.3 is 14.2 Å². The predicted molar refractivity (Wildman–Crippen MR) is 139 cm³/mol. The summed E-state index contributed by atoms with van der Waals surface area (Å²) in [7, 11) is 0. The van der Waals surface area contributed by atoms with Crippen LogP contribution < -0.4 is 0 Å². The minimum atomic E-state index is -0.698. The van der Waals surface area contributed by atoms with Crippen LogP contribution in [0, 0.1) is 50.7 Å². The molecule has 0 aromatic carbocycles. The Morgan fingerprint density at radius 1 is 0.892 bits per heavy atom. The Bertz CT molecular complexity index is 1070. The third kappa shape index (κ3) is 2.63. The molecular formula is C32H48O5. The van der Waals surface area contributed by atoms with Crippen molar-refractivity contribution < 1.29 is 23.8 Å². The van der Waals surface area contributed by atoms with Crippen LogP contribution in [0.2, 0.25) is 0 Å². The lowest BCUT2D eigenvalue weighted by Crippen LogP contribution is -2.61. The molecule has 0 amide bonds. The number of esters is 2. The van der Waals surface area contributed by atoms with Crippen molar-refractivity contribution in [1.82, 2.24) is 0 Å². The SMILES string of the molecule is CC(=O)O[C@@H]1CC[C@]23C[C@]24CC[C@@]2(C)[C@@](C)(CC[C@@]25O[C@@]2(C[C@@H](C)C(=O)O2)C[C@H]5C)[C@@H]4CC[C@H]3C1(C)C. The topological polar surface area (TPSA) is 61.8 Å². The maximum atomic E-state index is 12.4. The first-order chi connectivity index (χ1) is 17.2. The maximum absolute atomic E-state index is 12.4. The molecule has 5 heteroatoms. The number of fused-ring (bicyclic) bond motifs is 3. The Balaban J connectivity index is 1.21. The zero-order valence-corrected chi connectivity index (χ0v) is 24.2. The Morgan fingerprint density at radius 3 is 2.27 bits per heavy atom. The molecule has 2 heterocycles. The van der Waals surface area contributed by atoms with Crippen molar-refractivity contribution in [1.29, 1.82) is 0 Å². The molecule has 0 unspecified atom stereocenters. The quantitative estimate of drug-likeness (QED) is 0.361. The van der Waals surface area contributed by atoms with Crippen LogP contribution in [0.3, 0.4) is 0 Å². The van der Waals surface area contributed by atoms with E-state index in [0.717, 1.165) is 25.2 Å². The molecule has 11 atom stereocenters. The van der Waals surface area contributed by atoms with Crippen LogP contribution in [-0.4, -0.2) is 29.4 Å². The first-order valence-corrected chi connectivity index (χ1v) is 15.3. The number of hydrogen-bond acceptors (Lipinski definition) is 5. The van der Waals surface area contributed by atoms with Gasteiger partial charge in [-0.2, -0.15) is 0 Å². The molecule has 0 aromatic heterocycles. The monoisotopic (exact) mass is 512 g/mol. The lowest BCUT2D eigenvalue weighted by atomic mass is 9.41. The van der Waals surface area contributed by atoms with Crippen LogP contribution in [0.4, 0.5) is 0 Å². The molecule has 7 aliphatic rings. The third-order valence-corrected chi connectivity index (χ3v) is 14.6. The van der Waals surface area contributed by atoms with Crippen molar-refractivity contribution in [3.05, 3.63) is 0 Å². The summed E-state index contributed by atoms with van der Waals surface area (Å²) in [6.45, 7) is 15.9. The second-order valence-corrected chi connectivity index (χ2v) is 15.9. The van der Waals surface area contributed by atoms with Gasteiger partial charge in [-0.3, -0.25) is 9.59 Å². The minimum absolute atomic E-state index is 0.0371. The highest BCUT2D eigenvalue weighted by molar-refractivity contribution is 5.74. The van der Waals surface area contributed by atoms with E-state index < -0.39 is 5.79 Å². The van der Waals surface area contributed by atoms with Gasteiger partial charge in [0.2, 0.25) is 5.79 Å². The molecule has 0 bridgehead atoms. The average molecular weight is 513 g/mol. The van der Waals surface area contributed by atoms with E-state index in [1.165, 1.54) is 44.9 Å². The van der Waals surface area contributed by atoms with Gasteiger partial charge in [0.1, 0.15) is 6.10 Å². The van der Waals surface area contributed by atoms with Gasteiger partial charge >= 0.3 is 11.9 Å². The molecular weight excluding hydrogens is 464 g/mol. The van der Waals surface area contributed by atoms with Gasteiger partial charge in [0.05, 0.1) is 11.5 Å². The van der Waals surface area contributed by atoms with Crippen LogP contribution in [0.1, 0.15) is 119 Å². The van der Waals surface area contributed by atoms with Crippen molar-refractivity contribution in [3.8, 4) is 0 Å². The molecule has 5 nitrogen and oxygen atoms in total. The third-order valence-electron chi connectivity index (χ3n) is 14.6. The van der Waals surface area contributed by atoms with E-state index in [1.54, 1.807) is 6.92 Å². The maximum Gasteiger partial charge on any atom is 0.311 e. The summed E-state index contributed by atoms with van der Waals surface area (Å²) in [5.41, 5.74) is 1.05. The van der Waals surface area contributed by atoms with Crippen molar-refractivity contribution in [2.45, 2.75) is 137 Å². The van der Waals surface area contributed by atoms with E-state index in [0.29, 0.717) is 29.1 Å². The lowest BCUT2D eigenvalue weighted by molar-refractivity contribution is -0.269. The minimum Gasteiger partial charge on any atom is -0.462 e. The summed E-state index contributed by atoms with van der Waals surface area (Å²) in [6.07, 6.45) is 12.6. The molecule has 0 N–H and O–H groups in total. The van der Waals surface area contributed by atoms with Crippen LogP contribution >= 0.6 is 0 Å². The van der Waals surface area contributed by atoms with Crippen molar-refractivity contribution >= 4 is 11.9 Å². The van der Waals surface area contributed by atoms with E-state index in [4.69, 9.17) is 14.2 Å². The van der Waals surface area contributed by atoms with E-state index in [2.05, 4.69) is 34.6 Å². The summed E-state index contributed by atoms with van der Waals surface area (Å²) < 4.78 is 19.1. The molecule has 206 valence electrons. The molecule has 37 heavy (non-hydrogen) atoms. The predicted octanol–water partition coefficient (Wildman–Crippen LogP) is 6.82. The number of hydrogen-bond donors (Lipinski definition) is 0. The van der Waals surface area contributed by atoms with Crippen molar-refractivity contribution in [2.24, 2.45) is 50.7 Å². The lowest BCUT2D eigenvalue weighted by Gasteiger charge is -2.64. The molecule has 7 fully saturated rings. The van der Waals surface area contributed by atoms with E-state index >= 15 is 0 Å². The highest BCUT2D eigenvalue weighted by Crippen LogP contribution is 2.90. The van der Waals surface area contributed by atoms with Crippen LogP contribution in [0.15, 0.2) is 0 Å². The summed E-state index contributed by atoms with van der Waals surface area (Å²) >= 11 is 0. The first-order valence-electron chi connectivity index (χ1n) is 15.3. The Hall–Kier alpha value is -1.10. The second-order valence-electron chi connectivity index (χ2n) is 15.9. The van der Waals surface area contributed by atoms with E-state index in [9.17, 15) is 9.59 Å². The van der Waals surface area contributed by atoms with Gasteiger partial charge in [-0.1, -0.05) is 41.5 Å². The summed E-state index contributed by atoms with van der Waals surface area (Å²) in [4.78, 5) is 24.3. The first kappa shape index (κ1) is 24.9. The van der Waals surface area contributed by atoms with Crippen LogP contribution in [0.25, 0.3) is 0 Å². The van der Waals surface area contributed by atoms with Gasteiger partial charge in [0.15, 0.2) is 0 Å². The highest BCUT2D eigenvalue weighted by Gasteiger charge is 2.85. The van der Waals surface area contributed by atoms with Gasteiger partial charge in [-0.25, -0.2) is 0 Å². The smallest absolute Gasteiger partial charge is 0.311 e. The number of carbonyl (C=O) groups is 2. The largest absolute Gasteiger partial charge is 0.462 e. The number of ether oxygens (including phenoxy) is 3. The molecule has 0 radical (unpaired) electrons. The molecule has 5 aliphatic carbocycles. The average Bonchev–Trinajstić information content (AvgIpc) is 3.16.